The van der Waals surface area contributed by atoms with Crippen LogP contribution in [0.3, 0.4) is 0 Å². The molecule has 0 saturated carbocycles. The molecule has 1 atom stereocenters. The minimum atomic E-state index is -0.411. The fourth-order valence-corrected chi connectivity index (χ4v) is 4.57. The first-order chi connectivity index (χ1) is 16.2. The summed E-state index contributed by atoms with van der Waals surface area (Å²) in [7, 11) is 0. The van der Waals surface area contributed by atoms with Crippen LogP contribution in [0, 0.1) is 12.8 Å². The van der Waals surface area contributed by atoms with E-state index in [1.54, 1.807) is 18.3 Å². The number of nitrogens with zero attached hydrogens (tertiary/aromatic N) is 4. The Morgan fingerprint density at radius 2 is 1.94 bits per heavy atom. The lowest BCUT2D eigenvalue weighted by Crippen LogP contribution is -2.34. The van der Waals surface area contributed by atoms with Gasteiger partial charge in [0.25, 0.3) is 5.91 Å². The molecule has 2 amide bonds. The van der Waals surface area contributed by atoms with Gasteiger partial charge >= 0.3 is 0 Å². The number of anilines is 1. The molecule has 34 heavy (non-hydrogen) atoms. The molecule has 2 aromatic heterocycles. The maximum atomic E-state index is 12.9. The maximum Gasteiger partial charge on any atom is 0.253 e. The number of aromatic nitrogens is 4. The van der Waals surface area contributed by atoms with Crippen molar-refractivity contribution in [2.45, 2.75) is 45.4 Å². The summed E-state index contributed by atoms with van der Waals surface area (Å²) in [5, 5.41) is 15.8. The van der Waals surface area contributed by atoms with E-state index >= 15 is 0 Å². The first-order valence-corrected chi connectivity index (χ1v) is 12.5. The first kappa shape index (κ1) is 26.0. The van der Waals surface area contributed by atoms with Crippen LogP contribution in [0.25, 0.3) is 0 Å². The SMILES string of the molecule is CCn1c(SCC(=O)Nc2ncccc2C)nnc1[C@H](NC(=O)c1ccc(Cl)cc1Cl)C(C)C. The molecule has 180 valence electrons. The summed E-state index contributed by atoms with van der Waals surface area (Å²) in [4.78, 5) is 29.5. The van der Waals surface area contributed by atoms with Crippen LogP contribution < -0.4 is 10.6 Å². The number of carbonyl (C=O) groups excluding carboxylic acids is 2. The maximum absolute atomic E-state index is 12.9. The van der Waals surface area contributed by atoms with Gasteiger partial charge in [-0.1, -0.05) is 54.9 Å². The Morgan fingerprint density at radius 3 is 2.59 bits per heavy atom. The number of hydrogen-bond donors (Lipinski definition) is 2. The molecular formula is C23H26Cl2N6O2S. The third-order valence-corrected chi connectivity index (χ3v) is 6.58. The normalized spacial score (nSPS) is 12.0. The highest BCUT2D eigenvalue weighted by Gasteiger charge is 2.27. The molecule has 11 heteroatoms. The second-order valence-electron chi connectivity index (χ2n) is 7.91. The van der Waals surface area contributed by atoms with Gasteiger partial charge in [-0.3, -0.25) is 9.59 Å². The highest BCUT2D eigenvalue weighted by molar-refractivity contribution is 7.99. The minimum Gasteiger partial charge on any atom is -0.342 e. The molecule has 0 fully saturated rings. The Bertz CT molecular complexity index is 1180. The van der Waals surface area contributed by atoms with Gasteiger partial charge in [-0.25, -0.2) is 4.98 Å². The summed E-state index contributed by atoms with van der Waals surface area (Å²) in [5.41, 5.74) is 1.21. The molecule has 0 radical (unpaired) electrons. The number of rotatable bonds is 9. The second kappa shape index (κ2) is 11.7. The molecule has 8 nitrogen and oxygen atoms in total. The number of thioether (sulfide) groups is 1. The van der Waals surface area contributed by atoms with Crippen molar-refractivity contribution in [3.05, 3.63) is 63.5 Å². The topological polar surface area (TPSA) is 102 Å². The molecule has 0 aliphatic heterocycles. The van der Waals surface area contributed by atoms with E-state index in [-0.39, 0.29) is 28.5 Å². The monoisotopic (exact) mass is 520 g/mol. The van der Waals surface area contributed by atoms with Gasteiger partial charge in [0.1, 0.15) is 5.82 Å². The molecule has 0 aliphatic rings. The van der Waals surface area contributed by atoms with Crippen LogP contribution in [-0.2, 0) is 11.3 Å². The summed E-state index contributed by atoms with van der Waals surface area (Å²) in [6.45, 7) is 8.39. The zero-order chi connectivity index (χ0) is 24.8. The number of aryl methyl sites for hydroxylation is 1. The van der Waals surface area contributed by atoms with E-state index in [0.29, 0.717) is 33.9 Å². The van der Waals surface area contributed by atoms with E-state index in [1.165, 1.54) is 17.8 Å². The third-order valence-electron chi connectivity index (χ3n) is 5.07. The Morgan fingerprint density at radius 1 is 1.18 bits per heavy atom. The first-order valence-electron chi connectivity index (χ1n) is 10.7. The van der Waals surface area contributed by atoms with Gasteiger partial charge in [0, 0.05) is 17.8 Å². The molecule has 0 unspecified atom stereocenters. The van der Waals surface area contributed by atoms with Gasteiger partial charge in [-0.15, -0.1) is 10.2 Å². The largest absolute Gasteiger partial charge is 0.342 e. The Balaban J connectivity index is 1.74. The smallest absolute Gasteiger partial charge is 0.253 e. The van der Waals surface area contributed by atoms with Gasteiger partial charge in [0.05, 0.1) is 22.4 Å². The van der Waals surface area contributed by atoms with E-state index in [1.807, 2.05) is 44.4 Å². The van der Waals surface area contributed by atoms with Crippen molar-refractivity contribution in [3.8, 4) is 0 Å². The Kier molecular flexibility index (Phi) is 8.93. The number of nitrogens with one attached hydrogen (secondary N) is 2. The van der Waals surface area contributed by atoms with E-state index in [9.17, 15) is 9.59 Å². The van der Waals surface area contributed by atoms with Crippen molar-refractivity contribution in [3.63, 3.8) is 0 Å². The average molecular weight is 521 g/mol. The van der Waals surface area contributed by atoms with Crippen LogP contribution in [0.5, 0.6) is 0 Å². The summed E-state index contributed by atoms with van der Waals surface area (Å²) >= 11 is 13.4. The van der Waals surface area contributed by atoms with Crippen molar-refractivity contribution in [1.82, 2.24) is 25.1 Å². The van der Waals surface area contributed by atoms with Crippen molar-refractivity contribution >= 4 is 52.6 Å². The molecule has 3 aromatic rings. The van der Waals surface area contributed by atoms with Gasteiger partial charge in [0.2, 0.25) is 5.91 Å². The number of amides is 2. The highest BCUT2D eigenvalue weighted by Crippen LogP contribution is 2.27. The number of carbonyl (C=O) groups is 2. The number of halogens is 2. The van der Waals surface area contributed by atoms with Crippen LogP contribution in [0.4, 0.5) is 5.82 Å². The summed E-state index contributed by atoms with van der Waals surface area (Å²) < 4.78 is 1.90. The highest BCUT2D eigenvalue weighted by atomic mass is 35.5. The molecule has 0 bridgehead atoms. The predicted octanol–water partition coefficient (Wildman–Crippen LogP) is 5.17. The summed E-state index contributed by atoms with van der Waals surface area (Å²) in [6, 6.07) is 8.02. The van der Waals surface area contributed by atoms with Crippen LogP contribution in [-0.4, -0.2) is 37.3 Å². The fourth-order valence-electron chi connectivity index (χ4n) is 3.27. The predicted molar refractivity (Wildman–Crippen MR) is 136 cm³/mol. The zero-order valence-corrected chi connectivity index (χ0v) is 21.6. The lowest BCUT2D eigenvalue weighted by Gasteiger charge is -2.22. The van der Waals surface area contributed by atoms with Gasteiger partial charge in [-0.2, -0.15) is 0 Å². The van der Waals surface area contributed by atoms with E-state index in [0.717, 1.165) is 5.56 Å². The van der Waals surface area contributed by atoms with E-state index in [2.05, 4.69) is 25.8 Å². The lowest BCUT2D eigenvalue weighted by molar-refractivity contribution is -0.113. The molecule has 0 aliphatic carbocycles. The van der Waals surface area contributed by atoms with E-state index in [4.69, 9.17) is 23.2 Å². The van der Waals surface area contributed by atoms with Crippen LogP contribution in [0.2, 0.25) is 10.0 Å². The van der Waals surface area contributed by atoms with Gasteiger partial charge < -0.3 is 15.2 Å². The molecule has 2 N–H and O–H groups in total. The zero-order valence-electron chi connectivity index (χ0n) is 19.3. The second-order valence-corrected chi connectivity index (χ2v) is 9.70. The minimum absolute atomic E-state index is 0.0257. The molecule has 0 saturated heterocycles. The van der Waals surface area contributed by atoms with Gasteiger partial charge in [-0.05, 0) is 49.6 Å². The average Bonchev–Trinajstić information content (AvgIpc) is 3.19. The molecule has 2 heterocycles. The standard InChI is InChI=1S/C23H26Cl2N6O2S/c1-5-31-21(19(13(2)3)28-22(33)16-9-8-15(24)11-17(16)25)29-30-23(31)34-12-18(32)27-20-14(4)7-6-10-26-20/h6-11,13,19H,5,12H2,1-4H3,(H,28,33)(H,26,27,32)/t19-/m1/s1. The van der Waals surface area contributed by atoms with Crippen LogP contribution in [0.1, 0.15) is 48.6 Å². The number of pyridine rings is 1. The van der Waals surface area contributed by atoms with Crippen LogP contribution >= 0.6 is 35.0 Å². The number of hydrogen-bond acceptors (Lipinski definition) is 6. The summed E-state index contributed by atoms with van der Waals surface area (Å²) in [5.74, 6) is 0.801. The van der Waals surface area contributed by atoms with Crippen molar-refractivity contribution in [2.24, 2.45) is 5.92 Å². The fraction of sp³-hybridized carbons (Fsp3) is 0.348. The van der Waals surface area contributed by atoms with Crippen molar-refractivity contribution in [1.29, 1.82) is 0 Å². The lowest BCUT2D eigenvalue weighted by atomic mass is 10.0. The van der Waals surface area contributed by atoms with Gasteiger partial charge in [0.15, 0.2) is 11.0 Å². The van der Waals surface area contributed by atoms with Crippen molar-refractivity contribution < 1.29 is 9.59 Å². The Hall–Kier alpha value is -2.62. The Labute approximate surface area is 212 Å². The van der Waals surface area contributed by atoms with E-state index < -0.39 is 6.04 Å². The quantitative estimate of drug-likeness (QED) is 0.377. The van der Waals surface area contributed by atoms with Crippen molar-refractivity contribution in [2.75, 3.05) is 11.1 Å². The number of benzene rings is 1. The third kappa shape index (κ3) is 6.28. The van der Waals surface area contributed by atoms with Crippen LogP contribution in [0.15, 0.2) is 41.7 Å². The molecule has 3 rings (SSSR count). The summed E-state index contributed by atoms with van der Waals surface area (Å²) in [6.07, 6.45) is 1.63. The molecule has 1 aromatic carbocycles. The molecular weight excluding hydrogens is 495 g/mol. The molecule has 0 spiro atoms.